The minimum Gasteiger partial charge on any atom is -0.395 e. The molecule has 0 fully saturated rings. The number of nitrogens with two attached hydrogens (primary N) is 1. The van der Waals surface area contributed by atoms with Gasteiger partial charge in [0.1, 0.15) is 0 Å². The Labute approximate surface area is 188 Å². The fraction of sp³-hybridized carbons (Fsp3) is 0.700. The van der Waals surface area contributed by atoms with Crippen molar-refractivity contribution in [3.63, 3.8) is 0 Å². The summed E-state index contributed by atoms with van der Waals surface area (Å²) in [6, 6.07) is 8.33. The van der Waals surface area contributed by atoms with Crippen molar-refractivity contribution < 1.29 is 17.7 Å². The van der Waals surface area contributed by atoms with E-state index in [0.29, 0.717) is 6.54 Å². The summed E-state index contributed by atoms with van der Waals surface area (Å²) >= 11 is 0. The summed E-state index contributed by atoms with van der Waals surface area (Å²) in [5.41, 5.74) is 4.78. The van der Waals surface area contributed by atoms with Crippen LogP contribution in [0.4, 0.5) is 0 Å². The van der Waals surface area contributed by atoms with Crippen LogP contribution in [0.1, 0.15) is 71.1 Å². The third-order valence-electron chi connectivity index (χ3n) is 3.90. The molecule has 7 heteroatoms. The first-order valence-electron chi connectivity index (χ1n) is 9.84. The van der Waals surface area contributed by atoms with Crippen molar-refractivity contribution in [1.82, 2.24) is 0 Å². The van der Waals surface area contributed by atoms with E-state index in [1.54, 1.807) is 30.3 Å². The zero-order valence-electron chi connectivity index (χ0n) is 17.2. The summed E-state index contributed by atoms with van der Waals surface area (Å²) in [6.45, 7) is 2.99. The molecule has 0 atom stereocenters. The summed E-state index contributed by atoms with van der Waals surface area (Å²) in [6.07, 6.45) is 12.3. The molecule has 0 heterocycles. The van der Waals surface area contributed by atoms with Crippen molar-refractivity contribution in [1.29, 1.82) is 0 Å². The zero-order chi connectivity index (χ0) is 19.5. The van der Waals surface area contributed by atoms with Gasteiger partial charge in [-0.2, -0.15) is 8.42 Å². The Morgan fingerprint density at radius 3 is 1.78 bits per heavy atom. The summed E-state index contributed by atoms with van der Waals surface area (Å²) in [7, 11) is -3.57. The van der Waals surface area contributed by atoms with Gasteiger partial charge >= 0.3 is 0 Å². The van der Waals surface area contributed by atoms with E-state index in [2.05, 4.69) is 6.92 Å². The minimum absolute atomic E-state index is 0. The first kappa shape index (κ1) is 29.3. The Hall–Kier alpha value is 0.0500. The smallest absolute Gasteiger partial charge is 0.296 e. The topological polar surface area (TPSA) is 89.6 Å². The van der Waals surface area contributed by atoms with E-state index < -0.39 is 10.1 Å². The molecule has 0 unspecified atom stereocenters. The standard InChI is InChI=1S/C18H30O3S.C2H7NO.Na/c1-2-3-4-5-6-7-8-9-10-14-17-21-22(19,20)18-15-12-11-13-16-18;3-1-2-4;/h11-13,15-16H,2-10,14,17H2,1H3;4H,1-3H2;. The van der Waals surface area contributed by atoms with Gasteiger partial charge in [-0.15, -0.1) is 0 Å². The second-order valence-corrected chi connectivity index (χ2v) is 7.90. The van der Waals surface area contributed by atoms with Crippen LogP contribution in [-0.2, 0) is 14.3 Å². The van der Waals surface area contributed by atoms with E-state index in [9.17, 15) is 8.42 Å². The maximum absolute atomic E-state index is 11.9. The fourth-order valence-electron chi connectivity index (χ4n) is 2.41. The first-order chi connectivity index (χ1) is 12.6. The quantitative estimate of drug-likeness (QED) is 0.276. The third kappa shape index (κ3) is 17.9. The van der Waals surface area contributed by atoms with E-state index in [1.807, 2.05) is 0 Å². The Morgan fingerprint density at radius 1 is 0.889 bits per heavy atom. The van der Waals surface area contributed by atoms with Gasteiger partial charge in [0.25, 0.3) is 10.1 Å². The van der Waals surface area contributed by atoms with E-state index in [0.717, 1.165) is 12.8 Å². The van der Waals surface area contributed by atoms with Crippen molar-refractivity contribution >= 4 is 39.7 Å². The van der Waals surface area contributed by atoms with E-state index in [-0.39, 0.29) is 47.7 Å². The second-order valence-electron chi connectivity index (χ2n) is 6.28. The number of aliphatic hydroxyl groups is 1. The van der Waals surface area contributed by atoms with Gasteiger partial charge in [0.05, 0.1) is 18.1 Å². The number of hydrogen-bond donors (Lipinski definition) is 2. The molecule has 5 nitrogen and oxygen atoms in total. The molecule has 0 saturated carbocycles. The zero-order valence-corrected chi connectivity index (χ0v) is 20.1. The first-order valence-corrected chi connectivity index (χ1v) is 11.2. The maximum Gasteiger partial charge on any atom is 0.296 e. The summed E-state index contributed by atoms with van der Waals surface area (Å²) in [5.74, 6) is 0. The van der Waals surface area contributed by atoms with Gasteiger partial charge in [-0.05, 0) is 18.6 Å². The Bertz CT molecular complexity index is 510. The maximum atomic E-state index is 11.9. The summed E-state index contributed by atoms with van der Waals surface area (Å²) in [4.78, 5) is 0.238. The molecule has 0 bridgehead atoms. The van der Waals surface area contributed by atoms with Gasteiger partial charge in [-0.3, -0.25) is 4.18 Å². The molecule has 1 radical (unpaired) electrons. The predicted octanol–water partition coefficient (Wildman–Crippen LogP) is 3.87. The Balaban J connectivity index is 0. The van der Waals surface area contributed by atoms with Gasteiger partial charge in [0, 0.05) is 36.1 Å². The van der Waals surface area contributed by atoms with Crippen LogP contribution in [0.2, 0.25) is 0 Å². The number of rotatable bonds is 14. The van der Waals surface area contributed by atoms with Crippen LogP contribution in [0.5, 0.6) is 0 Å². The molecule has 1 aromatic rings. The van der Waals surface area contributed by atoms with Crippen LogP contribution in [-0.4, -0.2) is 62.8 Å². The van der Waals surface area contributed by atoms with Crippen LogP contribution in [0.3, 0.4) is 0 Å². The van der Waals surface area contributed by atoms with Crippen LogP contribution >= 0.6 is 0 Å². The molecule has 0 aliphatic carbocycles. The minimum atomic E-state index is -3.57. The molecule has 0 aliphatic rings. The van der Waals surface area contributed by atoms with Gasteiger partial charge in [-0.25, -0.2) is 0 Å². The molecular weight excluding hydrogens is 373 g/mol. The van der Waals surface area contributed by atoms with Crippen molar-refractivity contribution in [3.8, 4) is 0 Å². The summed E-state index contributed by atoms with van der Waals surface area (Å²) in [5, 5.41) is 7.75. The summed E-state index contributed by atoms with van der Waals surface area (Å²) < 4.78 is 28.8. The molecule has 3 N–H and O–H groups in total. The van der Waals surface area contributed by atoms with Crippen LogP contribution < -0.4 is 5.73 Å². The number of hydrogen-bond acceptors (Lipinski definition) is 5. The van der Waals surface area contributed by atoms with E-state index in [4.69, 9.17) is 15.0 Å². The van der Waals surface area contributed by atoms with Crippen LogP contribution in [0.15, 0.2) is 35.2 Å². The third-order valence-corrected chi connectivity index (χ3v) is 5.22. The molecule has 0 amide bonds. The molecular formula is C20H37NNaO4S. The molecule has 1 rings (SSSR count). The molecule has 0 spiro atoms. The van der Waals surface area contributed by atoms with Crippen molar-refractivity contribution in [2.75, 3.05) is 19.8 Å². The average Bonchev–Trinajstić information content (AvgIpc) is 2.67. The molecule has 0 aliphatic heterocycles. The normalized spacial score (nSPS) is 10.6. The van der Waals surface area contributed by atoms with Crippen LogP contribution in [0, 0.1) is 0 Å². The predicted molar refractivity (Wildman–Crippen MR) is 113 cm³/mol. The fourth-order valence-corrected chi connectivity index (χ4v) is 3.38. The van der Waals surface area contributed by atoms with Gasteiger partial charge in [0.2, 0.25) is 0 Å². The largest absolute Gasteiger partial charge is 0.395 e. The number of aliphatic hydroxyl groups excluding tert-OH is 1. The van der Waals surface area contributed by atoms with Gasteiger partial charge in [-0.1, -0.05) is 82.9 Å². The monoisotopic (exact) mass is 410 g/mol. The van der Waals surface area contributed by atoms with Crippen molar-refractivity contribution in [3.05, 3.63) is 30.3 Å². The van der Waals surface area contributed by atoms with E-state index in [1.165, 1.54) is 51.4 Å². The number of benzene rings is 1. The van der Waals surface area contributed by atoms with Gasteiger partial charge in [0.15, 0.2) is 0 Å². The van der Waals surface area contributed by atoms with Gasteiger partial charge < -0.3 is 10.8 Å². The average molecular weight is 411 g/mol. The number of unbranched alkanes of at least 4 members (excludes halogenated alkanes) is 9. The Morgan fingerprint density at radius 2 is 1.33 bits per heavy atom. The molecule has 27 heavy (non-hydrogen) atoms. The van der Waals surface area contributed by atoms with Crippen LogP contribution in [0.25, 0.3) is 0 Å². The Kier molecular flexibility index (Phi) is 22.5. The van der Waals surface area contributed by atoms with Crippen molar-refractivity contribution in [2.24, 2.45) is 5.73 Å². The molecule has 1 aromatic carbocycles. The molecule has 0 saturated heterocycles. The van der Waals surface area contributed by atoms with Crippen molar-refractivity contribution in [2.45, 2.75) is 76.0 Å². The SMILES string of the molecule is CCCCCCCCCCCCOS(=O)(=O)c1ccccc1.NCCO.[Na]. The second kappa shape index (κ2) is 20.8. The molecule has 153 valence electrons. The molecule has 0 aromatic heterocycles. The van der Waals surface area contributed by atoms with E-state index >= 15 is 0 Å².